The summed E-state index contributed by atoms with van der Waals surface area (Å²) in [6, 6.07) is 6.44. The molecule has 9 heteroatoms. The zero-order valence-corrected chi connectivity index (χ0v) is 16.4. The fraction of sp³-hybridized carbons (Fsp3) is 0.278. The monoisotopic (exact) mass is 403 g/mol. The van der Waals surface area contributed by atoms with Crippen molar-refractivity contribution >= 4 is 57.9 Å². The molecule has 0 bridgehead atoms. The quantitative estimate of drug-likeness (QED) is 0.734. The normalized spacial score (nSPS) is 18.2. The summed E-state index contributed by atoms with van der Waals surface area (Å²) in [7, 11) is 1.31. The molecule has 1 unspecified atom stereocenters. The molecule has 0 aromatic heterocycles. The van der Waals surface area contributed by atoms with Crippen LogP contribution in [0.3, 0.4) is 0 Å². The summed E-state index contributed by atoms with van der Waals surface area (Å²) in [5.41, 5.74) is 1.00. The summed E-state index contributed by atoms with van der Waals surface area (Å²) in [6.07, 6.45) is 1.87. The van der Waals surface area contributed by atoms with Gasteiger partial charge in [-0.3, -0.25) is 9.59 Å². The standard InChI is InChI=1S/C18H17N3O4S2/c1-10-7-13-16(23)20-14(21-17(13)27-10)8-26-9-15(22)19-12-5-3-11(4-6-12)18(24)25-2/h3-7,13H,8-9H2,1-2H3,(H,19,22). The highest BCUT2D eigenvalue weighted by molar-refractivity contribution is 8.17. The van der Waals surface area contributed by atoms with Gasteiger partial charge in [-0.05, 0) is 36.1 Å². The van der Waals surface area contributed by atoms with Crippen LogP contribution in [0.1, 0.15) is 17.3 Å². The number of hydrogen-bond donors (Lipinski definition) is 1. The van der Waals surface area contributed by atoms with E-state index in [1.165, 1.54) is 30.6 Å². The van der Waals surface area contributed by atoms with Gasteiger partial charge in [0, 0.05) is 5.69 Å². The van der Waals surface area contributed by atoms with Crippen LogP contribution in [0.2, 0.25) is 0 Å². The molecule has 27 heavy (non-hydrogen) atoms. The number of allylic oxidation sites excluding steroid dienone is 1. The van der Waals surface area contributed by atoms with Crippen LogP contribution >= 0.6 is 23.5 Å². The number of rotatable bonds is 6. The second-order valence-corrected chi connectivity index (χ2v) is 8.04. The van der Waals surface area contributed by atoms with E-state index in [0.29, 0.717) is 22.8 Å². The Labute approximate surface area is 164 Å². The smallest absolute Gasteiger partial charge is 0.337 e. The second kappa shape index (κ2) is 8.53. The molecule has 140 valence electrons. The number of esters is 1. The molecule has 0 radical (unpaired) electrons. The number of fused-ring (bicyclic) bond motifs is 1. The lowest BCUT2D eigenvalue weighted by atomic mass is 10.1. The van der Waals surface area contributed by atoms with Crippen molar-refractivity contribution in [3.63, 3.8) is 0 Å². The van der Waals surface area contributed by atoms with E-state index in [1.807, 2.05) is 13.0 Å². The van der Waals surface area contributed by atoms with Gasteiger partial charge < -0.3 is 10.1 Å². The number of methoxy groups -OCH3 is 1. The minimum Gasteiger partial charge on any atom is -0.465 e. The fourth-order valence-corrected chi connectivity index (χ4v) is 4.14. The molecule has 2 amide bonds. The SMILES string of the molecule is COC(=O)c1ccc(NC(=O)CSCC2=NC(=O)C3C=C(C)SC3=N2)cc1. The Bertz CT molecular complexity index is 875. The summed E-state index contributed by atoms with van der Waals surface area (Å²) in [5, 5.41) is 3.51. The highest BCUT2D eigenvalue weighted by Gasteiger charge is 2.32. The molecule has 2 heterocycles. The maximum atomic E-state index is 12.0. The van der Waals surface area contributed by atoms with Crippen LogP contribution < -0.4 is 5.32 Å². The Kier molecular flexibility index (Phi) is 6.12. The topological polar surface area (TPSA) is 97.2 Å². The van der Waals surface area contributed by atoms with Gasteiger partial charge in [0.15, 0.2) is 0 Å². The number of aliphatic imine (C=N–C) groups is 2. The van der Waals surface area contributed by atoms with Crippen molar-refractivity contribution in [1.29, 1.82) is 0 Å². The van der Waals surface area contributed by atoms with Gasteiger partial charge in [0.05, 0.1) is 29.2 Å². The first-order valence-corrected chi connectivity index (χ1v) is 10.1. The number of ether oxygens (including phenoxy) is 1. The van der Waals surface area contributed by atoms with Crippen LogP contribution in [-0.2, 0) is 14.3 Å². The number of nitrogens with zero attached hydrogens (tertiary/aromatic N) is 2. The Morgan fingerprint density at radius 3 is 2.70 bits per heavy atom. The number of amidine groups is 1. The summed E-state index contributed by atoms with van der Waals surface area (Å²) >= 11 is 2.82. The average molecular weight is 403 g/mol. The number of anilines is 1. The number of nitrogens with one attached hydrogen (secondary N) is 1. The lowest BCUT2D eigenvalue weighted by molar-refractivity contribution is -0.118. The van der Waals surface area contributed by atoms with E-state index in [2.05, 4.69) is 20.0 Å². The predicted octanol–water partition coefficient (Wildman–Crippen LogP) is 2.75. The van der Waals surface area contributed by atoms with E-state index in [0.717, 1.165) is 9.95 Å². The molecule has 0 aliphatic carbocycles. The van der Waals surface area contributed by atoms with Crippen LogP contribution in [0.25, 0.3) is 0 Å². The van der Waals surface area contributed by atoms with Gasteiger partial charge in [0.1, 0.15) is 11.8 Å². The zero-order valence-electron chi connectivity index (χ0n) is 14.7. The fourth-order valence-electron chi connectivity index (χ4n) is 2.49. The number of thioether (sulfide) groups is 2. The third kappa shape index (κ3) is 4.86. The van der Waals surface area contributed by atoms with E-state index in [9.17, 15) is 14.4 Å². The van der Waals surface area contributed by atoms with Gasteiger partial charge in [-0.1, -0.05) is 17.8 Å². The molecule has 0 spiro atoms. The molecule has 2 aliphatic rings. The third-order valence-electron chi connectivity index (χ3n) is 3.73. The van der Waals surface area contributed by atoms with E-state index in [4.69, 9.17) is 0 Å². The van der Waals surface area contributed by atoms with E-state index < -0.39 is 5.97 Å². The van der Waals surface area contributed by atoms with Crippen LogP contribution in [0.5, 0.6) is 0 Å². The number of benzene rings is 1. The lowest BCUT2D eigenvalue weighted by Gasteiger charge is -2.12. The van der Waals surface area contributed by atoms with Gasteiger partial charge in [-0.2, -0.15) is 4.99 Å². The number of carbonyl (C=O) groups is 3. The Balaban J connectivity index is 1.47. The van der Waals surface area contributed by atoms with Crippen molar-refractivity contribution in [3.05, 3.63) is 40.8 Å². The molecule has 1 aromatic carbocycles. The minimum absolute atomic E-state index is 0.188. The van der Waals surface area contributed by atoms with Crippen LogP contribution in [0, 0.1) is 5.92 Å². The average Bonchev–Trinajstić information content (AvgIpc) is 3.02. The molecule has 3 rings (SSSR count). The number of carbonyl (C=O) groups excluding carboxylic acids is 3. The Morgan fingerprint density at radius 2 is 2.00 bits per heavy atom. The molecule has 1 aromatic rings. The van der Waals surface area contributed by atoms with Crippen LogP contribution in [-0.4, -0.2) is 47.3 Å². The molecule has 2 aliphatic heterocycles. The molecular weight excluding hydrogens is 386 g/mol. The van der Waals surface area contributed by atoms with E-state index >= 15 is 0 Å². The first-order chi connectivity index (χ1) is 13.0. The van der Waals surface area contributed by atoms with Gasteiger partial charge in [-0.15, -0.1) is 11.8 Å². The predicted molar refractivity (Wildman–Crippen MR) is 108 cm³/mol. The van der Waals surface area contributed by atoms with E-state index in [-0.39, 0.29) is 23.5 Å². The summed E-state index contributed by atoms with van der Waals surface area (Å²) < 4.78 is 4.63. The summed E-state index contributed by atoms with van der Waals surface area (Å²) in [5.74, 6) is -0.120. The van der Waals surface area contributed by atoms with Crippen molar-refractivity contribution < 1.29 is 19.1 Å². The first-order valence-electron chi connectivity index (χ1n) is 8.08. The third-order valence-corrected chi connectivity index (χ3v) is 5.67. The maximum Gasteiger partial charge on any atom is 0.337 e. The molecule has 1 N–H and O–H groups in total. The summed E-state index contributed by atoms with van der Waals surface area (Å²) in [4.78, 5) is 44.9. The highest BCUT2D eigenvalue weighted by Crippen LogP contribution is 2.34. The second-order valence-electron chi connectivity index (χ2n) is 5.78. The van der Waals surface area contributed by atoms with Crippen molar-refractivity contribution in [2.75, 3.05) is 23.9 Å². The largest absolute Gasteiger partial charge is 0.465 e. The first kappa shape index (κ1) is 19.4. The van der Waals surface area contributed by atoms with Crippen molar-refractivity contribution in [3.8, 4) is 0 Å². The van der Waals surface area contributed by atoms with Gasteiger partial charge in [-0.25, -0.2) is 9.79 Å². The zero-order chi connectivity index (χ0) is 19.4. The van der Waals surface area contributed by atoms with Crippen LogP contribution in [0.4, 0.5) is 5.69 Å². The Hall–Kier alpha value is -2.39. The molecule has 1 atom stereocenters. The van der Waals surface area contributed by atoms with E-state index in [1.54, 1.807) is 24.3 Å². The Morgan fingerprint density at radius 1 is 1.26 bits per heavy atom. The maximum absolute atomic E-state index is 12.0. The molecule has 0 fully saturated rings. The molecule has 0 saturated heterocycles. The van der Waals surface area contributed by atoms with Crippen molar-refractivity contribution in [2.24, 2.45) is 15.9 Å². The van der Waals surface area contributed by atoms with Gasteiger partial charge >= 0.3 is 5.97 Å². The molecule has 0 saturated carbocycles. The minimum atomic E-state index is -0.430. The van der Waals surface area contributed by atoms with Crippen LogP contribution in [0.15, 0.2) is 45.2 Å². The van der Waals surface area contributed by atoms with Crippen molar-refractivity contribution in [2.45, 2.75) is 6.92 Å². The number of amides is 2. The summed E-state index contributed by atoms with van der Waals surface area (Å²) in [6.45, 7) is 1.94. The molecule has 7 nitrogen and oxygen atoms in total. The lowest BCUT2D eigenvalue weighted by Crippen LogP contribution is -2.24. The van der Waals surface area contributed by atoms with Crippen molar-refractivity contribution in [1.82, 2.24) is 0 Å². The van der Waals surface area contributed by atoms with Gasteiger partial charge in [0.25, 0.3) is 5.91 Å². The number of hydrogen-bond acceptors (Lipinski definition) is 7. The molecular formula is C18H17N3O4S2. The highest BCUT2D eigenvalue weighted by atomic mass is 32.2. The van der Waals surface area contributed by atoms with Gasteiger partial charge in [0.2, 0.25) is 5.91 Å².